The molecule has 0 fully saturated rings. The third-order valence-corrected chi connectivity index (χ3v) is 2.11. The number of aromatic hydroxyl groups is 1. The molecule has 0 aliphatic rings. The van der Waals surface area contributed by atoms with Gasteiger partial charge in [-0.05, 0) is 26.0 Å². The second kappa shape index (κ2) is 3.18. The molecule has 1 aromatic carbocycles. The van der Waals surface area contributed by atoms with Gasteiger partial charge in [-0.15, -0.1) is 0 Å². The Bertz CT molecular complexity index is 460. The minimum absolute atomic E-state index is 0.255. The Kier molecular flexibility index (Phi) is 2.00. The van der Waals surface area contributed by atoms with Gasteiger partial charge < -0.3 is 10.1 Å². The highest BCUT2D eigenvalue weighted by molar-refractivity contribution is 5.64. The van der Waals surface area contributed by atoms with Crippen LogP contribution in [0, 0.1) is 13.8 Å². The number of aromatic nitrogens is 2. The highest BCUT2D eigenvalue weighted by atomic mass is 16.3. The highest BCUT2D eigenvalue weighted by Crippen LogP contribution is 2.27. The monoisotopic (exact) mass is 188 g/mol. The lowest BCUT2D eigenvalue weighted by molar-refractivity contribution is 0.477. The molecule has 2 rings (SSSR count). The van der Waals surface area contributed by atoms with Crippen LogP contribution in [0.3, 0.4) is 0 Å². The molecular formula is C11H12N2O. The van der Waals surface area contributed by atoms with Crippen LogP contribution in [0.4, 0.5) is 0 Å². The molecule has 0 amide bonds. The quantitative estimate of drug-likeness (QED) is 0.722. The fraction of sp³-hybridized carbons (Fsp3) is 0.182. The van der Waals surface area contributed by atoms with E-state index in [9.17, 15) is 5.11 Å². The zero-order valence-corrected chi connectivity index (χ0v) is 8.20. The molecular weight excluding hydrogens is 176 g/mol. The summed E-state index contributed by atoms with van der Waals surface area (Å²) in [6, 6.07) is 5.46. The Morgan fingerprint density at radius 3 is 2.71 bits per heavy atom. The van der Waals surface area contributed by atoms with E-state index in [1.54, 1.807) is 12.3 Å². The summed E-state index contributed by atoms with van der Waals surface area (Å²) >= 11 is 0. The third kappa shape index (κ3) is 1.48. The number of hydrogen-bond donors (Lipinski definition) is 2. The number of hydrogen-bond acceptors (Lipinski definition) is 2. The average molecular weight is 188 g/mol. The number of H-pyrrole nitrogens is 1. The van der Waals surface area contributed by atoms with Crippen molar-refractivity contribution < 1.29 is 5.11 Å². The second-order valence-corrected chi connectivity index (χ2v) is 3.44. The number of benzene rings is 1. The molecule has 1 heterocycles. The summed E-state index contributed by atoms with van der Waals surface area (Å²) < 4.78 is 0. The normalized spacial score (nSPS) is 10.4. The van der Waals surface area contributed by atoms with Crippen LogP contribution in [0.15, 0.2) is 24.4 Å². The van der Waals surface area contributed by atoms with Crippen LogP contribution in [-0.4, -0.2) is 15.1 Å². The predicted octanol–water partition coefficient (Wildman–Crippen LogP) is 2.40. The Hall–Kier alpha value is -1.77. The molecule has 0 radical (unpaired) electrons. The Labute approximate surface area is 82.4 Å². The van der Waals surface area contributed by atoms with Gasteiger partial charge in [0, 0.05) is 11.9 Å². The lowest BCUT2D eigenvalue weighted by atomic mass is 10.1. The number of rotatable bonds is 1. The Morgan fingerprint density at radius 2 is 2.07 bits per heavy atom. The van der Waals surface area contributed by atoms with E-state index in [2.05, 4.69) is 9.97 Å². The molecule has 0 aliphatic heterocycles. The van der Waals surface area contributed by atoms with Crippen molar-refractivity contribution in [2.24, 2.45) is 0 Å². The van der Waals surface area contributed by atoms with E-state index in [1.807, 2.05) is 26.0 Å². The maximum absolute atomic E-state index is 9.64. The fourth-order valence-corrected chi connectivity index (χ4v) is 1.39. The number of imidazole rings is 1. The van der Waals surface area contributed by atoms with Gasteiger partial charge in [0.25, 0.3) is 0 Å². The summed E-state index contributed by atoms with van der Waals surface area (Å²) in [5.74, 6) is 0.966. The van der Waals surface area contributed by atoms with Crippen molar-refractivity contribution in [3.05, 3.63) is 35.7 Å². The summed E-state index contributed by atoms with van der Waals surface area (Å²) in [6.07, 6.45) is 1.75. The van der Waals surface area contributed by atoms with Crippen molar-refractivity contribution >= 4 is 0 Å². The standard InChI is InChI=1S/C11H12N2O/c1-7-3-4-10(14)9(5-7)11-12-6-8(2)13-11/h3-6,14H,1-2H3,(H,12,13). The van der Waals surface area contributed by atoms with E-state index in [0.29, 0.717) is 5.82 Å². The van der Waals surface area contributed by atoms with Gasteiger partial charge in [0.1, 0.15) is 11.6 Å². The molecule has 0 unspecified atom stereocenters. The van der Waals surface area contributed by atoms with Gasteiger partial charge in [0.05, 0.1) is 5.56 Å². The third-order valence-electron chi connectivity index (χ3n) is 2.11. The number of nitrogens with one attached hydrogen (secondary N) is 1. The Morgan fingerprint density at radius 1 is 1.29 bits per heavy atom. The zero-order chi connectivity index (χ0) is 10.1. The number of aryl methyl sites for hydroxylation is 2. The van der Waals surface area contributed by atoms with Crippen molar-refractivity contribution in [2.45, 2.75) is 13.8 Å². The molecule has 0 spiro atoms. The van der Waals surface area contributed by atoms with Crippen molar-refractivity contribution in [3.8, 4) is 17.1 Å². The van der Waals surface area contributed by atoms with Gasteiger partial charge in [-0.2, -0.15) is 0 Å². The number of nitrogens with zero attached hydrogens (tertiary/aromatic N) is 1. The molecule has 2 aromatic rings. The number of aromatic amines is 1. The molecule has 0 saturated carbocycles. The van der Waals surface area contributed by atoms with Crippen molar-refractivity contribution in [1.82, 2.24) is 9.97 Å². The van der Waals surface area contributed by atoms with Gasteiger partial charge in [-0.25, -0.2) is 4.98 Å². The van der Waals surface area contributed by atoms with Crippen LogP contribution in [0.25, 0.3) is 11.4 Å². The first-order chi connectivity index (χ1) is 6.66. The minimum Gasteiger partial charge on any atom is -0.507 e. The SMILES string of the molecule is Cc1ccc(O)c(-c2ncc(C)[nH]2)c1. The summed E-state index contributed by atoms with van der Waals surface area (Å²) in [5.41, 5.74) is 2.84. The summed E-state index contributed by atoms with van der Waals surface area (Å²) in [5, 5.41) is 9.64. The van der Waals surface area contributed by atoms with E-state index in [0.717, 1.165) is 16.8 Å². The highest BCUT2D eigenvalue weighted by Gasteiger charge is 2.06. The smallest absolute Gasteiger partial charge is 0.141 e. The Balaban J connectivity index is 2.55. The minimum atomic E-state index is 0.255. The van der Waals surface area contributed by atoms with Crippen molar-refractivity contribution in [3.63, 3.8) is 0 Å². The topological polar surface area (TPSA) is 48.9 Å². The van der Waals surface area contributed by atoms with E-state index in [-0.39, 0.29) is 5.75 Å². The maximum Gasteiger partial charge on any atom is 0.141 e. The van der Waals surface area contributed by atoms with E-state index < -0.39 is 0 Å². The van der Waals surface area contributed by atoms with Crippen LogP contribution >= 0.6 is 0 Å². The van der Waals surface area contributed by atoms with Crippen molar-refractivity contribution in [1.29, 1.82) is 0 Å². The van der Waals surface area contributed by atoms with Gasteiger partial charge in [-0.1, -0.05) is 11.6 Å². The zero-order valence-electron chi connectivity index (χ0n) is 8.20. The molecule has 2 N–H and O–H groups in total. The molecule has 14 heavy (non-hydrogen) atoms. The van der Waals surface area contributed by atoms with Crippen LogP contribution < -0.4 is 0 Å². The summed E-state index contributed by atoms with van der Waals surface area (Å²) in [6.45, 7) is 3.92. The van der Waals surface area contributed by atoms with Gasteiger partial charge in [0.2, 0.25) is 0 Å². The molecule has 0 atom stereocenters. The average Bonchev–Trinajstić information content (AvgIpc) is 2.56. The molecule has 0 aliphatic carbocycles. The molecule has 1 aromatic heterocycles. The van der Waals surface area contributed by atoms with Crippen molar-refractivity contribution in [2.75, 3.05) is 0 Å². The molecule has 3 nitrogen and oxygen atoms in total. The first kappa shape index (κ1) is 8.81. The van der Waals surface area contributed by atoms with E-state index in [4.69, 9.17) is 0 Å². The first-order valence-electron chi connectivity index (χ1n) is 4.48. The number of phenolic OH excluding ortho intramolecular Hbond substituents is 1. The fourth-order valence-electron chi connectivity index (χ4n) is 1.39. The lowest BCUT2D eigenvalue weighted by Crippen LogP contribution is -1.83. The summed E-state index contributed by atoms with van der Waals surface area (Å²) in [4.78, 5) is 7.26. The second-order valence-electron chi connectivity index (χ2n) is 3.44. The lowest BCUT2D eigenvalue weighted by Gasteiger charge is -2.02. The van der Waals surface area contributed by atoms with Crippen LogP contribution in [0.1, 0.15) is 11.3 Å². The van der Waals surface area contributed by atoms with Gasteiger partial charge in [0.15, 0.2) is 0 Å². The maximum atomic E-state index is 9.64. The molecule has 72 valence electrons. The molecule has 0 bridgehead atoms. The molecule has 3 heteroatoms. The van der Waals surface area contributed by atoms with Gasteiger partial charge in [-0.3, -0.25) is 0 Å². The van der Waals surface area contributed by atoms with Gasteiger partial charge >= 0.3 is 0 Å². The van der Waals surface area contributed by atoms with E-state index >= 15 is 0 Å². The summed E-state index contributed by atoms with van der Waals surface area (Å²) in [7, 11) is 0. The van der Waals surface area contributed by atoms with Crippen LogP contribution in [-0.2, 0) is 0 Å². The largest absolute Gasteiger partial charge is 0.507 e. The number of phenols is 1. The first-order valence-corrected chi connectivity index (χ1v) is 4.48. The van der Waals surface area contributed by atoms with Crippen LogP contribution in [0.5, 0.6) is 5.75 Å². The van der Waals surface area contributed by atoms with Crippen LogP contribution in [0.2, 0.25) is 0 Å². The predicted molar refractivity (Wildman–Crippen MR) is 55.2 cm³/mol. The van der Waals surface area contributed by atoms with E-state index in [1.165, 1.54) is 0 Å². The molecule has 0 saturated heterocycles.